The molecular formula is C12H16N4OS. The number of hydrogen-bond donors (Lipinski definition) is 0. The van der Waals surface area contributed by atoms with Gasteiger partial charge in [0.05, 0.1) is 12.1 Å². The Morgan fingerprint density at radius 2 is 2.39 bits per heavy atom. The lowest BCUT2D eigenvalue weighted by molar-refractivity contribution is -0.0980. The Morgan fingerprint density at radius 3 is 3.06 bits per heavy atom. The number of nitrogens with zero attached hydrogens (tertiary/aromatic N) is 4. The van der Waals surface area contributed by atoms with E-state index in [2.05, 4.69) is 39.3 Å². The number of hydrogen-bond acceptors (Lipinski definition) is 5. The van der Waals surface area contributed by atoms with Gasteiger partial charge in [-0.25, -0.2) is 4.68 Å². The Labute approximate surface area is 110 Å². The van der Waals surface area contributed by atoms with Crippen LogP contribution in [0, 0.1) is 0 Å². The van der Waals surface area contributed by atoms with Crippen LogP contribution >= 0.6 is 11.3 Å². The van der Waals surface area contributed by atoms with Gasteiger partial charge in [0, 0.05) is 0 Å². The molecule has 0 unspecified atom stereocenters. The highest BCUT2D eigenvalue weighted by Crippen LogP contribution is 2.35. The standard InChI is InChI=1S/C12H16N4OS/c1-12(4-2-5-12)17-8-11-13-14-15-16(11)7-10-3-6-18-9-10/h3,6,9H,2,4-5,7-8H2,1H3. The summed E-state index contributed by atoms with van der Waals surface area (Å²) in [5.74, 6) is 0.800. The first kappa shape index (κ1) is 11.8. The van der Waals surface area contributed by atoms with Gasteiger partial charge in [-0.1, -0.05) is 0 Å². The van der Waals surface area contributed by atoms with E-state index in [0.717, 1.165) is 18.7 Å². The third kappa shape index (κ3) is 2.44. The van der Waals surface area contributed by atoms with Gasteiger partial charge in [0.2, 0.25) is 0 Å². The molecule has 5 nitrogen and oxygen atoms in total. The second-order valence-electron chi connectivity index (χ2n) is 4.98. The third-order valence-corrected chi connectivity index (χ3v) is 4.21. The fourth-order valence-electron chi connectivity index (χ4n) is 2.06. The van der Waals surface area contributed by atoms with Crippen LogP contribution in [0.1, 0.15) is 37.6 Å². The first-order valence-corrected chi connectivity index (χ1v) is 7.10. The van der Waals surface area contributed by atoms with Crippen LogP contribution in [0.3, 0.4) is 0 Å². The lowest BCUT2D eigenvalue weighted by Crippen LogP contribution is -2.36. The summed E-state index contributed by atoms with van der Waals surface area (Å²) in [6.45, 7) is 3.36. The van der Waals surface area contributed by atoms with Gasteiger partial charge in [0.15, 0.2) is 5.82 Å². The zero-order valence-corrected chi connectivity index (χ0v) is 11.2. The van der Waals surface area contributed by atoms with Crippen molar-refractivity contribution in [3.8, 4) is 0 Å². The summed E-state index contributed by atoms with van der Waals surface area (Å²) >= 11 is 1.68. The van der Waals surface area contributed by atoms with Crippen molar-refractivity contribution in [2.75, 3.05) is 0 Å². The van der Waals surface area contributed by atoms with Crippen LogP contribution in [0.25, 0.3) is 0 Å². The third-order valence-electron chi connectivity index (χ3n) is 3.48. The summed E-state index contributed by atoms with van der Waals surface area (Å²) in [5, 5.41) is 16.0. The molecule has 0 radical (unpaired) electrons. The average Bonchev–Trinajstić information content (AvgIpc) is 2.96. The van der Waals surface area contributed by atoms with E-state index in [1.807, 2.05) is 4.68 Å². The van der Waals surface area contributed by atoms with Gasteiger partial charge in [-0.05, 0) is 59.0 Å². The lowest BCUT2D eigenvalue weighted by Gasteiger charge is -2.37. The maximum Gasteiger partial charge on any atom is 0.177 e. The van der Waals surface area contributed by atoms with Crippen LogP contribution < -0.4 is 0 Å². The summed E-state index contributed by atoms with van der Waals surface area (Å²) in [5.41, 5.74) is 1.27. The molecule has 0 aromatic carbocycles. The minimum absolute atomic E-state index is 0.0408. The Kier molecular flexibility index (Phi) is 3.13. The van der Waals surface area contributed by atoms with E-state index in [1.54, 1.807) is 11.3 Å². The molecule has 6 heteroatoms. The Balaban J connectivity index is 1.64. The van der Waals surface area contributed by atoms with Crippen molar-refractivity contribution in [3.05, 3.63) is 28.2 Å². The average molecular weight is 264 g/mol. The number of ether oxygens (including phenoxy) is 1. The van der Waals surface area contributed by atoms with Crippen LogP contribution in [-0.4, -0.2) is 25.8 Å². The second-order valence-corrected chi connectivity index (χ2v) is 5.76. The van der Waals surface area contributed by atoms with Crippen molar-refractivity contribution in [2.45, 2.75) is 44.9 Å². The minimum atomic E-state index is 0.0408. The molecule has 0 bridgehead atoms. The first-order valence-electron chi connectivity index (χ1n) is 6.15. The van der Waals surface area contributed by atoms with E-state index in [1.165, 1.54) is 12.0 Å². The molecule has 1 fully saturated rings. The van der Waals surface area contributed by atoms with E-state index >= 15 is 0 Å². The topological polar surface area (TPSA) is 52.8 Å². The highest BCUT2D eigenvalue weighted by Gasteiger charge is 2.33. The maximum atomic E-state index is 5.91. The molecule has 2 aromatic rings. The summed E-state index contributed by atoms with van der Waals surface area (Å²) in [6, 6.07) is 2.09. The largest absolute Gasteiger partial charge is 0.367 e. The summed E-state index contributed by atoms with van der Waals surface area (Å²) in [4.78, 5) is 0. The number of tetrazole rings is 1. The van der Waals surface area contributed by atoms with Gasteiger partial charge in [-0.3, -0.25) is 0 Å². The normalized spacial score (nSPS) is 17.6. The summed E-state index contributed by atoms with van der Waals surface area (Å²) < 4.78 is 7.72. The van der Waals surface area contributed by atoms with Crippen molar-refractivity contribution < 1.29 is 4.74 Å². The fraction of sp³-hybridized carbons (Fsp3) is 0.583. The molecule has 2 aromatic heterocycles. The minimum Gasteiger partial charge on any atom is -0.367 e. The van der Waals surface area contributed by atoms with Crippen LogP contribution in [0.4, 0.5) is 0 Å². The molecule has 1 saturated carbocycles. The molecule has 1 aliphatic rings. The van der Waals surface area contributed by atoms with Gasteiger partial charge < -0.3 is 4.74 Å². The summed E-state index contributed by atoms with van der Waals surface area (Å²) in [6.07, 6.45) is 3.54. The van der Waals surface area contributed by atoms with Crippen molar-refractivity contribution in [1.29, 1.82) is 0 Å². The van der Waals surface area contributed by atoms with E-state index in [-0.39, 0.29) is 5.60 Å². The number of rotatable bonds is 5. The predicted octanol–water partition coefficient (Wildman–Crippen LogP) is 2.24. The quantitative estimate of drug-likeness (QED) is 0.831. The Hall–Kier alpha value is -1.27. The van der Waals surface area contributed by atoms with E-state index in [4.69, 9.17) is 4.74 Å². The van der Waals surface area contributed by atoms with E-state index in [9.17, 15) is 0 Å². The molecule has 2 heterocycles. The monoisotopic (exact) mass is 264 g/mol. The van der Waals surface area contributed by atoms with Crippen molar-refractivity contribution >= 4 is 11.3 Å². The summed E-state index contributed by atoms with van der Waals surface area (Å²) in [7, 11) is 0. The van der Waals surface area contributed by atoms with E-state index in [0.29, 0.717) is 13.2 Å². The van der Waals surface area contributed by atoms with Crippen molar-refractivity contribution in [3.63, 3.8) is 0 Å². The first-order chi connectivity index (χ1) is 8.75. The molecule has 96 valence electrons. The number of thiophene rings is 1. The molecule has 0 N–H and O–H groups in total. The molecule has 0 atom stereocenters. The predicted molar refractivity (Wildman–Crippen MR) is 68.3 cm³/mol. The Morgan fingerprint density at radius 1 is 1.50 bits per heavy atom. The molecule has 1 aliphatic carbocycles. The smallest absolute Gasteiger partial charge is 0.177 e. The van der Waals surface area contributed by atoms with Crippen molar-refractivity contribution in [1.82, 2.24) is 20.2 Å². The van der Waals surface area contributed by atoms with Gasteiger partial charge in [0.25, 0.3) is 0 Å². The molecular weight excluding hydrogens is 248 g/mol. The second kappa shape index (κ2) is 4.78. The van der Waals surface area contributed by atoms with Gasteiger partial charge in [0.1, 0.15) is 6.61 Å². The van der Waals surface area contributed by atoms with Crippen LogP contribution in [0.15, 0.2) is 16.8 Å². The van der Waals surface area contributed by atoms with Crippen molar-refractivity contribution in [2.24, 2.45) is 0 Å². The Bertz CT molecular complexity index is 504. The molecule has 18 heavy (non-hydrogen) atoms. The fourth-order valence-corrected chi connectivity index (χ4v) is 2.72. The zero-order chi connectivity index (χ0) is 12.4. The van der Waals surface area contributed by atoms with Crippen LogP contribution in [-0.2, 0) is 17.9 Å². The lowest BCUT2D eigenvalue weighted by atomic mass is 9.82. The van der Waals surface area contributed by atoms with Crippen LogP contribution in [0.5, 0.6) is 0 Å². The molecule has 3 rings (SSSR count). The molecule has 0 spiro atoms. The highest BCUT2D eigenvalue weighted by atomic mass is 32.1. The maximum absolute atomic E-state index is 5.91. The molecule has 0 saturated heterocycles. The SMILES string of the molecule is CC1(OCc2nnnn2Cc2ccsc2)CCC1. The molecule has 0 amide bonds. The van der Waals surface area contributed by atoms with Gasteiger partial charge in [-0.15, -0.1) is 5.10 Å². The number of aromatic nitrogens is 4. The highest BCUT2D eigenvalue weighted by molar-refractivity contribution is 7.07. The zero-order valence-electron chi connectivity index (χ0n) is 10.4. The van der Waals surface area contributed by atoms with Gasteiger partial charge in [-0.2, -0.15) is 11.3 Å². The van der Waals surface area contributed by atoms with Crippen LogP contribution in [0.2, 0.25) is 0 Å². The molecule has 0 aliphatic heterocycles. The van der Waals surface area contributed by atoms with Gasteiger partial charge >= 0.3 is 0 Å². The van der Waals surface area contributed by atoms with E-state index < -0.39 is 0 Å².